The second-order valence-electron chi connectivity index (χ2n) is 8.58. The molecule has 3 nitrogen and oxygen atoms in total. The molecule has 1 heterocycles. The number of β-lactam (4-membered cyclic amide) rings is 1. The van der Waals surface area contributed by atoms with Gasteiger partial charge < -0.3 is 9.64 Å². The van der Waals surface area contributed by atoms with Crippen LogP contribution >= 0.6 is 11.8 Å². The number of carbonyl (C=O) groups is 1. The number of hydrogen-bond acceptors (Lipinski definition) is 3. The van der Waals surface area contributed by atoms with Crippen molar-refractivity contribution in [2.24, 2.45) is 0 Å². The molecule has 0 aromatic heterocycles. The maximum atomic E-state index is 14.3. The van der Waals surface area contributed by atoms with Crippen LogP contribution in [0.25, 0.3) is 0 Å². The summed E-state index contributed by atoms with van der Waals surface area (Å²) in [6, 6.07) is 36.7. The minimum absolute atomic E-state index is 0.0975. The Balaban J connectivity index is 1.69. The lowest BCUT2D eigenvalue weighted by atomic mass is 9.76. The van der Waals surface area contributed by atoms with Crippen LogP contribution in [0.1, 0.15) is 28.3 Å². The molecule has 4 aromatic rings. The van der Waals surface area contributed by atoms with Gasteiger partial charge in [-0.1, -0.05) is 96.6 Å². The molecule has 34 heavy (non-hydrogen) atoms. The molecule has 0 spiro atoms. The zero-order valence-corrected chi connectivity index (χ0v) is 20.2. The van der Waals surface area contributed by atoms with Crippen LogP contribution in [-0.4, -0.2) is 17.9 Å². The van der Waals surface area contributed by atoms with Crippen LogP contribution in [0.15, 0.2) is 114 Å². The number of rotatable bonds is 7. The number of hydrogen-bond donors (Lipinski definition) is 0. The molecular formula is C30H27NO2S. The Morgan fingerprint density at radius 2 is 1.44 bits per heavy atom. The Hall–Kier alpha value is -3.50. The molecular weight excluding hydrogens is 438 g/mol. The zero-order valence-electron chi connectivity index (χ0n) is 19.3. The molecule has 1 saturated heterocycles. The van der Waals surface area contributed by atoms with Gasteiger partial charge in [0.05, 0.1) is 13.2 Å². The highest BCUT2D eigenvalue weighted by Crippen LogP contribution is 2.62. The minimum atomic E-state index is -0.835. The Labute approximate surface area is 205 Å². The largest absolute Gasteiger partial charge is 0.496 e. The average Bonchev–Trinajstić information content (AvgIpc) is 2.89. The van der Waals surface area contributed by atoms with E-state index in [0.29, 0.717) is 6.54 Å². The summed E-state index contributed by atoms with van der Waals surface area (Å²) in [6.45, 7) is 2.65. The van der Waals surface area contributed by atoms with Crippen LogP contribution in [0.4, 0.5) is 0 Å². The van der Waals surface area contributed by atoms with Gasteiger partial charge in [0.25, 0.3) is 0 Å². The van der Waals surface area contributed by atoms with Crippen molar-refractivity contribution in [2.75, 3.05) is 7.11 Å². The summed E-state index contributed by atoms with van der Waals surface area (Å²) in [6.07, 6.45) is 0. The smallest absolute Gasteiger partial charge is 0.247 e. The lowest BCUT2D eigenvalue weighted by molar-refractivity contribution is -0.154. The van der Waals surface area contributed by atoms with Crippen LogP contribution < -0.4 is 4.74 Å². The number of carbonyl (C=O) groups excluding carboxylic acids is 1. The van der Waals surface area contributed by atoms with Crippen molar-refractivity contribution in [3.63, 3.8) is 0 Å². The van der Waals surface area contributed by atoms with Gasteiger partial charge >= 0.3 is 0 Å². The van der Waals surface area contributed by atoms with Gasteiger partial charge in [0.1, 0.15) is 5.75 Å². The number of thioether (sulfide) groups is 1. The number of ether oxygens (including phenoxy) is 1. The fourth-order valence-corrected chi connectivity index (χ4v) is 6.27. The quantitative estimate of drug-likeness (QED) is 0.282. The summed E-state index contributed by atoms with van der Waals surface area (Å²) in [5.74, 6) is 0.830. The number of likely N-dealkylation sites (tertiary alicyclic amines) is 1. The lowest BCUT2D eigenvalue weighted by Crippen LogP contribution is -2.64. The van der Waals surface area contributed by atoms with E-state index in [1.165, 1.54) is 5.56 Å². The van der Waals surface area contributed by atoms with Crippen LogP contribution in [-0.2, 0) is 16.1 Å². The molecule has 0 bridgehead atoms. The summed E-state index contributed by atoms with van der Waals surface area (Å²) < 4.78 is 4.95. The molecule has 170 valence electrons. The average molecular weight is 466 g/mol. The second-order valence-corrected chi connectivity index (χ2v) is 9.90. The molecule has 1 aliphatic heterocycles. The van der Waals surface area contributed by atoms with E-state index in [1.807, 2.05) is 65.6 Å². The minimum Gasteiger partial charge on any atom is -0.496 e. The van der Waals surface area contributed by atoms with Gasteiger partial charge in [0, 0.05) is 17.0 Å². The highest BCUT2D eigenvalue weighted by atomic mass is 32.2. The zero-order chi connectivity index (χ0) is 23.5. The molecule has 4 heteroatoms. The maximum Gasteiger partial charge on any atom is 0.247 e. The van der Waals surface area contributed by atoms with E-state index in [2.05, 4.69) is 55.5 Å². The van der Waals surface area contributed by atoms with E-state index in [-0.39, 0.29) is 11.9 Å². The third-order valence-corrected chi connectivity index (χ3v) is 7.84. The van der Waals surface area contributed by atoms with Gasteiger partial charge in [-0.2, -0.15) is 0 Å². The predicted octanol–water partition coefficient (Wildman–Crippen LogP) is 6.77. The summed E-state index contributed by atoms with van der Waals surface area (Å²) in [4.78, 5) is 17.3. The number of amides is 1. The van der Waals surface area contributed by atoms with E-state index in [0.717, 1.165) is 27.3 Å². The highest BCUT2D eigenvalue weighted by Gasteiger charge is 2.63. The van der Waals surface area contributed by atoms with Gasteiger partial charge in [0.15, 0.2) is 4.75 Å². The van der Waals surface area contributed by atoms with E-state index < -0.39 is 4.75 Å². The van der Waals surface area contributed by atoms with Crippen LogP contribution in [0.5, 0.6) is 5.75 Å². The highest BCUT2D eigenvalue weighted by molar-refractivity contribution is 8.01. The van der Waals surface area contributed by atoms with Crippen molar-refractivity contribution < 1.29 is 9.53 Å². The SMILES string of the molecule is COc1ccccc1[C@@]1(Sc2ccccc2)C(=O)N(Cc2ccccc2)[C@@H]1c1ccc(C)cc1. The normalized spacial score (nSPS) is 19.5. The van der Waals surface area contributed by atoms with E-state index >= 15 is 0 Å². The van der Waals surface area contributed by atoms with Crippen LogP contribution in [0.2, 0.25) is 0 Å². The van der Waals surface area contributed by atoms with E-state index in [1.54, 1.807) is 18.9 Å². The van der Waals surface area contributed by atoms with Crippen LogP contribution in [0, 0.1) is 6.92 Å². The van der Waals surface area contributed by atoms with Crippen molar-refractivity contribution in [3.8, 4) is 5.75 Å². The van der Waals surface area contributed by atoms with Crippen molar-refractivity contribution in [2.45, 2.75) is 29.2 Å². The number of benzene rings is 4. The van der Waals surface area contributed by atoms with Gasteiger partial charge in [-0.05, 0) is 36.2 Å². The molecule has 0 N–H and O–H groups in total. The molecule has 5 rings (SSSR count). The lowest BCUT2D eigenvalue weighted by Gasteiger charge is -2.56. The standard InChI is InChI=1S/C30H27NO2S/c1-22-17-19-24(20-18-22)28-30(34-25-13-7-4-8-14-25,26-15-9-10-16-27(26)33-2)29(32)31(28)21-23-11-5-3-6-12-23/h3-20,28H,21H2,1-2H3/t28-,30+/m1/s1. The first-order valence-corrected chi connectivity index (χ1v) is 12.2. The molecule has 4 aromatic carbocycles. The molecule has 0 saturated carbocycles. The van der Waals surface area contributed by atoms with Crippen LogP contribution in [0.3, 0.4) is 0 Å². The van der Waals surface area contributed by atoms with E-state index in [9.17, 15) is 4.79 Å². The Bertz CT molecular complexity index is 1270. The summed E-state index contributed by atoms with van der Waals surface area (Å²) in [7, 11) is 1.67. The molecule has 0 aliphatic carbocycles. The van der Waals surface area contributed by atoms with E-state index in [4.69, 9.17) is 4.74 Å². The fourth-order valence-electron chi connectivity index (χ4n) is 4.75. The van der Waals surface area contributed by atoms with Crippen molar-refractivity contribution in [1.82, 2.24) is 4.90 Å². The number of nitrogens with zero attached hydrogens (tertiary/aromatic N) is 1. The summed E-state index contributed by atoms with van der Waals surface area (Å²) in [5.41, 5.74) is 4.34. The van der Waals surface area contributed by atoms with Gasteiger partial charge in [-0.15, -0.1) is 11.8 Å². The number of methoxy groups -OCH3 is 1. The second kappa shape index (κ2) is 9.40. The predicted molar refractivity (Wildman–Crippen MR) is 138 cm³/mol. The third kappa shape index (κ3) is 3.88. The summed E-state index contributed by atoms with van der Waals surface area (Å²) >= 11 is 1.62. The summed E-state index contributed by atoms with van der Waals surface area (Å²) in [5, 5.41) is 0. The Morgan fingerprint density at radius 1 is 0.824 bits per heavy atom. The number of aryl methyl sites for hydroxylation is 1. The Morgan fingerprint density at radius 3 is 2.12 bits per heavy atom. The number of para-hydroxylation sites is 1. The third-order valence-electron chi connectivity index (χ3n) is 6.39. The van der Waals surface area contributed by atoms with Crippen molar-refractivity contribution in [3.05, 3.63) is 131 Å². The van der Waals surface area contributed by atoms with Gasteiger partial charge in [0.2, 0.25) is 5.91 Å². The first-order valence-electron chi connectivity index (χ1n) is 11.4. The molecule has 1 fully saturated rings. The monoisotopic (exact) mass is 465 g/mol. The maximum absolute atomic E-state index is 14.3. The molecule has 2 atom stereocenters. The van der Waals surface area contributed by atoms with Gasteiger partial charge in [-0.25, -0.2) is 0 Å². The molecule has 1 aliphatic rings. The Kier molecular flexibility index (Phi) is 6.16. The topological polar surface area (TPSA) is 29.5 Å². The molecule has 1 amide bonds. The van der Waals surface area contributed by atoms with Gasteiger partial charge in [-0.3, -0.25) is 4.79 Å². The first-order chi connectivity index (χ1) is 16.6. The fraction of sp³-hybridized carbons (Fsp3) is 0.167. The first kappa shape index (κ1) is 22.3. The molecule has 0 radical (unpaired) electrons. The van der Waals surface area contributed by atoms with Crippen molar-refractivity contribution in [1.29, 1.82) is 0 Å². The van der Waals surface area contributed by atoms with Crippen molar-refractivity contribution >= 4 is 17.7 Å². The molecule has 0 unspecified atom stereocenters.